The summed E-state index contributed by atoms with van der Waals surface area (Å²) in [5.74, 6) is -0.198. The highest BCUT2D eigenvalue weighted by atomic mass is 32.1. The minimum absolute atomic E-state index is 0.217. The molecule has 0 atom stereocenters. The van der Waals surface area contributed by atoms with E-state index in [2.05, 4.69) is 15.3 Å². The standard InChI is InChI=1S/C20H19N3O4S/c1-4-14-11(2)21-18(15-9-10-16(28-15)20(26)27-3)23-17(14)22-13-7-5-12(6-8-13)19(24)25/h5-10H,4H2,1-3H3,(H,24,25)(H,21,22,23). The topological polar surface area (TPSA) is 101 Å². The Labute approximate surface area is 166 Å². The monoisotopic (exact) mass is 397 g/mol. The van der Waals surface area contributed by atoms with Gasteiger partial charge in [-0.25, -0.2) is 19.6 Å². The molecule has 2 aromatic heterocycles. The summed E-state index contributed by atoms with van der Waals surface area (Å²) in [6.45, 7) is 3.93. The third-order valence-corrected chi connectivity index (χ3v) is 5.24. The van der Waals surface area contributed by atoms with Crippen LogP contribution >= 0.6 is 11.3 Å². The smallest absolute Gasteiger partial charge is 0.348 e. The molecule has 0 aliphatic heterocycles. The number of nitrogens with zero attached hydrogens (tertiary/aromatic N) is 2. The first-order valence-corrected chi connectivity index (χ1v) is 9.41. The van der Waals surface area contributed by atoms with Gasteiger partial charge in [-0.1, -0.05) is 6.92 Å². The third-order valence-electron chi connectivity index (χ3n) is 4.18. The van der Waals surface area contributed by atoms with Crippen molar-refractivity contribution in [2.24, 2.45) is 0 Å². The summed E-state index contributed by atoms with van der Waals surface area (Å²) >= 11 is 1.27. The quantitative estimate of drug-likeness (QED) is 0.598. The first kappa shape index (κ1) is 19.5. The lowest BCUT2D eigenvalue weighted by Gasteiger charge is -2.13. The van der Waals surface area contributed by atoms with Crippen LogP contribution in [0.25, 0.3) is 10.7 Å². The highest BCUT2D eigenvalue weighted by Crippen LogP contribution is 2.30. The van der Waals surface area contributed by atoms with Crippen molar-refractivity contribution in [3.05, 3.63) is 58.1 Å². The van der Waals surface area contributed by atoms with E-state index >= 15 is 0 Å². The Hall–Kier alpha value is -3.26. The Bertz CT molecular complexity index is 1030. The molecular weight excluding hydrogens is 378 g/mol. The molecule has 2 heterocycles. The molecule has 144 valence electrons. The minimum Gasteiger partial charge on any atom is -0.478 e. The fourth-order valence-corrected chi connectivity index (χ4v) is 3.59. The number of benzene rings is 1. The van der Waals surface area contributed by atoms with Gasteiger partial charge in [-0.2, -0.15) is 0 Å². The second kappa shape index (κ2) is 8.18. The van der Waals surface area contributed by atoms with E-state index in [4.69, 9.17) is 9.84 Å². The summed E-state index contributed by atoms with van der Waals surface area (Å²) in [6, 6.07) is 9.94. The molecule has 0 aliphatic carbocycles. The molecule has 2 N–H and O–H groups in total. The number of aromatic carboxylic acids is 1. The van der Waals surface area contributed by atoms with Gasteiger partial charge in [-0.3, -0.25) is 0 Å². The molecule has 0 radical (unpaired) electrons. The number of nitrogens with one attached hydrogen (secondary N) is 1. The SMILES string of the molecule is CCc1c(C)nc(-c2ccc(C(=O)OC)s2)nc1Nc1ccc(C(=O)O)cc1. The van der Waals surface area contributed by atoms with Gasteiger partial charge in [0.05, 0.1) is 17.6 Å². The number of carboxylic acids is 1. The van der Waals surface area contributed by atoms with Crippen LogP contribution in [0.4, 0.5) is 11.5 Å². The molecule has 0 bridgehead atoms. The van der Waals surface area contributed by atoms with Gasteiger partial charge in [0.25, 0.3) is 0 Å². The molecule has 28 heavy (non-hydrogen) atoms. The normalized spacial score (nSPS) is 10.5. The molecule has 1 aromatic carbocycles. The minimum atomic E-state index is -0.972. The lowest BCUT2D eigenvalue weighted by atomic mass is 10.1. The zero-order chi connectivity index (χ0) is 20.3. The highest BCUT2D eigenvalue weighted by Gasteiger charge is 2.16. The second-order valence-corrected chi connectivity index (χ2v) is 7.06. The molecule has 0 spiro atoms. The van der Waals surface area contributed by atoms with Gasteiger partial charge in [0, 0.05) is 16.9 Å². The number of methoxy groups -OCH3 is 1. The number of aromatic nitrogens is 2. The van der Waals surface area contributed by atoms with Gasteiger partial charge < -0.3 is 15.2 Å². The Morgan fingerprint density at radius 1 is 1.14 bits per heavy atom. The third kappa shape index (κ3) is 4.01. The number of carboxylic acid groups (broad SMARTS) is 1. The predicted molar refractivity (Wildman–Crippen MR) is 107 cm³/mol. The zero-order valence-electron chi connectivity index (χ0n) is 15.6. The van der Waals surface area contributed by atoms with Gasteiger partial charge in [0.15, 0.2) is 5.82 Å². The van der Waals surface area contributed by atoms with Crippen molar-refractivity contribution in [2.45, 2.75) is 20.3 Å². The molecule has 0 unspecified atom stereocenters. The number of thiophene rings is 1. The number of ether oxygens (including phenoxy) is 1. The van der Waals surface area contributed by atoms with Crippen molar-refractivity contribution in [1.82, 2.24) is 9.97 Å². The maximum Gasteiger partial charge on any atom is 0.348 e. The van der Waals surface area contributed by atoms with Gasteiger partial charge in [-0.15, -0.1) is 11.3 Å². The summed E-state index contributed by atoms with van der Waals surface area (Å²) in [7, 11) is 1.34. The average molecular weight is 397 g/mol. The summed E-state index contributed by atoms with van der Waals surface area (Å²) in [5, 5.41) is 12.3. The Morgan fingerprint density at radius 3 is 2.46 bits per heavy atom. The van der Waals surface area contributed by atoms with Crippen LogP contribution in [0.2, 0.25) is 0 Å². The molecule has 8 heteroatoms. The molecule has 0 fully saturated rings. The number of rotatable bonds is 6. The van der Waals surface area contributed by atoms with Crippen LogP contribution < -0.4 is 5.32 Å². The van der Waals surface area contributed by atoms with Gasteiger partial charge in [-0.05, 0) is 49.7 Å². The molecule has 0 amide bonds. The van der Waals surface area contributed by atoms with Crippen LogP contribution in [0.15, 0.2) is 36.4 Å². The summed E-state index contributed by atoms with van der Waals surface area (Å²) in [6.07, 6.45) is 0.736. The van der Waals surface area contributed by atoms with Gasteiger partial charge >= 0.3 is 11.9 Å². The fraction of sp³-hybridized carbons (Fsp3) is 0.200. The number of aryl methyl sites for hydroxylation is 1. The summed E-state index contributed by atoms with van der Waals surface area (Å²) in [5.41, 5.74) is 2.75. The average Bonchev–Trinajstić information content (AvgIpc) is 3.18. The van der Waals surface area contributed by atoms with E-state index in [-0.39, 0.29) is 5.56 Å². The van der Waals surface area contributed by atoms with Crippen molar-refractivity contribution in [3.63, 3.8) is 0 Å². The molecule has 3 rings (SSSR count). The van der Waals surface area contributed by atoms with E-state index in [1.54, 1.807) is 24.3 Å². The van der Waals surface area contributed by atoms with E-state index in [0.717, 1.165) is 28.2 Å². The second-order valence-electron chi connectivity index (χ2n) is 5.98. The van der Waals surface area contributed by atoms with Crippen molar-refractivity contribution >= 4 is 34.8 Å². The first-order valence-electron chi connectivity index (χ1n) is 8.59. The van der Waals surface area contributed by atoms with E-state index < -0.39 is 11.9 Å². The summed E-state index contributed by atoms with van der Waals surface area (Å²) < 4.78 is 4.75. The highest BCUT2D eigenvalue weighted by molar-refractivity contribution is 7.17. The molecule has 0 saturated carbocycles. The van der Waals surface area contributed by atoms with E-state index in [0.29, 0.717) is 16.5 Å². The number of carbonyl (C=O) groups is 2. The van der Waals surface area contributed by atoms with Crippen LogP contribution in [-0.4, -0.2) is 34.1 Å². The Balaban J connectivity index is 1.97. The predicted octanol–water partition coefficient (Wildman–Crippen LogP) is 4.30. The van der Waals surface area contributed by atoms with Crippen molar-refractivity contribution < 1.29 is 19.4 Å². The maximum absolute atomic E-state index is 11.7. The zero-order valence-corrected chi connectivity index (χ0v) is 16.5. The fourth-order valence-electron chi connectivity index (χ4n) is 2.73. The van der Waals surface area contributed by atoms with Gasteiger partial charge in [0.1, 0.15) is 10.7 Å². The van der Waals surface area contributed by atoms with Crippen molar-refractivity contribution in [1.29, 1.82) is 0 Å². The van der Waals surface area contributed by atoms with Gasteiger partial charge in [0.2, 0.25) is 0 Å². The Kier molecular flexibility index (Phi) is 5.70. The van der Waals surface area contributed by atoms with Crippen LogP contribution in [-0.2, 0) is 11.2 Å². The first-order chi connectivity index (χ1) is 13.4. The number of esters is 1. The largest absolute Gasteiger partial charge is 0.478 e. The van der Waals surface area contributed by atoms with Crippen molar-refractivity contribution in [3.8, 4) is 10.7 Å². The number of hydrogen-bond donors (Lipinski definition) is 2. The van der Waals surface area contributed by atoms with E-state index in [1.165, 1.54) is 30.6 Å². The van der Waals surface area contributed by atoms with Crippen LogP contribution in [0, 0.1) is 6.92 Å². The molecule has 7 nitrogen and oxygen atoms in total. The summed E-state index contributed by atoms with van der Waals surface area (Å²) in [4.78, 5) is 33.2. The van der Waals surface area contributed by atoms with Crippen LogP contribution in [0.1, 0.15) is 38.2 Å². The van der Waals surface area contributed by atoms with Crippen molar-refractivity contribution in [2.75, 3.05) is 12.4 Å². The van der Waals surface area contributed by atoms with Crippen LogP contribution in [0.5, 0.6) is 0 Å². The van der Waals surface area contributed by atoms with E-state index in [1.807, 2.05) is 13.8 Å². The number of hydrogen-bond acceptors (Lipinski definition) is 7. The number of anilines is 2. The Morgan fingerprint density at radius 2 is 1.86 bits per heavy atom. The molecule has 3 aromatic rings. The lowest BCUT2D eigenvalue weighted by Crippen LogP contribution is -2.05. The lowest BCUT2D eigenvalue weighted by molar-refractivity contribution is 0.0605. The molecular formula is C20H19N3O4S. The van der Waals surface area contributed by atoms with Crippen LogP contribution in [0.3, 0.4) is 0 Å². The maximum atomic E-state index is 11.7. The van der Waals surface area contributed by atoms with E-state index in [9.17, 15) is 9.59 Å². The molecule has 0 saturated heterocycles. The number of carbonyl (C=O) groups excluding carboxylic acids is 1. The molecule has 0 aliphatic rings.